The molecule has 0 N–H and O–H groups in total. The molecule has 0 amide bonds. The number of rotatable bonds is 12. The highest BCUT2D eigenvalue weighted by molar-refractivity contribution is 7.05. The smallest absolute Gasteiger partial charge is 0.119 e. The van der Waals surface area contributed by atoms with E-state index in [2.05, 4.69) is 64.1 Å². The second-order valence-corrected chi connectivity index (χ2v) is 13.6. The maximum absolute atomic E-state index is 5.63. The van der Waals surface area contributed by atoms with Gasteiger partial charge in [0.15, 0.2) is 0 Å². The Labute approximate surface area is 191 Å². The van der Waals surface area contributed by atoms with Gasteiger partial charge in [-0.15, -0.1) is 0 Å². The Morgan fingerprint density at radius 1 is 0.645 bits per heavy atom. The molecule has 0 unspecified atom stereocenters. The number of benzene rings is 2. The number of hydrogen-bond donors (Lipinski definition) is 0. The average Bonchev–Trinajstić information content (AvgIpc) is 3.09. The minimum atomic E-state index is -1.85. The van der Waals surface area contributed by atoms with Crippen LogP contribution in [0.3, 0.4) is 0 Å². The van der Waals surface area contributed by atoms with Crippen LogP contribution in [-0.4, -0.2) is 22.3 Å². The van der Waals surface area contributed by atoms with Crippen LogP contribution >= 0.6 is 0 Å². The molecule has 0 saturated carbocycles. The highest BCUT2D eigenvalue weighted by Crippen LogP contribution is 2.39. The SMILES string of the molecule is CCC(CC)CC[Si]1(CCC(CC)CC)c2ccc(OC)cc2-c2cc(OC)ccc21. The van der Waals surface area contributed by atoms with Crippen LogP contribution in [0.5, 0.6) is 11.5 Å². The third-order valence-corrected chi connectivity index (χ3v) is 13.3. The van der Waals surface area contributed by atoms with Crippen LogP contribution in [0.2, 0.25) is 12.1 Å². The van der Waals surface area contributed by atoms with Crippen LogP contribution in [0.4, 0.5) is 0 Å². The lowest BCUT2D eigenvalue weighted by molar-refractivity contribution is 0.414. The maximum atomic E-state index is 5.63. The lowest BCUT2D eigenvalue weighted by atomic mass is 10.0. The molecule has 0 aromatic heterocycles. The van der Waals surface area contributed by atoms with E-state index in [1.165, 1.54) is 61.7 Å². The summed E-state index contributed by atoms with van der Waals surface area (Å²) in [7, 11) is 1.70. The summed E-state index contributed by atoms with van der Waals surface area (Å²) >= 11 is 0. The van der Waals surface area contributed by atoms with Gasteiger partial charge in [-0.3, -0.25) is 0 Å². The molecule has 170 valence electrons. The lowest BCUT2D eigenvalue weighted by Crippen LogP contribution is -2.55. The molecule has 2 aromatic carbocycles. The van der Waals surface area contributed by atoms with Crippen LogP contribution in [0.15, 0.2) is 36.4 Å². The Balaban J connectivity index is 2.14. The molecule has 0 radical (unpaired) electrons. The second-order valence-electron chi connectivity index (χ2n) is 9.35. The van der Waals surface area contributed by atoms with E-state index in [-0.39, 0.29) is 0 Å². The minimum Gasteiger partial charge on any atom is -0.497 e. The Morgan fingerprint density at radius 3 is 1.35 bits per heavy atom. The van der Waals surface area contributed by atoms with Crippen molar-refractivity contribution in [1.29, 1.82) is 0 Å². The first-order valence-electron chi connectivity index (χ1n) is 12.4. The van der Waals surface area contributed by atoms with E-state index in [0.717, 1.165) is 23.3 Å². The van der Waals surface area contributed by atoms with Crippen LogP contribution in [0.1, 0.15) is 66.2 Å². The van der Waals surface area contributed by atoms with Gasteiger partial charge in [0, 0.05) is 0 Å². The predicted molar refractivity (Wildman–Crippen MR) is 137 cm³/mol. The largest absolute Gasteiger partial charge is 0.497 e. The third-order valence-electron chi connectivity index (χ3n) is 8.04. The summed E-state index contributed by atoms with van der Waals surface area (Å²) in [5.41, 5.74) is 2.79. The van der Waals surface area contributed by atoms with Gasteiger partial charge in [-0.25, -0.2) is 0 Å². The Bertz CT molecular complexity index is 781. The normalized spacial score (nSPS) is 14.1. The molecule has 1 heterocycles. The topological polar surface area (TPSA) is 18.5 Å². The summed E-state index contributed by atoms with van der Waals surface area (Å²) < 4.78 is 11.3. The summed E-state index contributed by atoms with van der Waals surface area (Å²) in [5, 5.41) is 3.27. The number of ether oxygens (including phenoxy) is 2. The molecule has 3 rings (SSSR count). The zero-order valence-electron chi connectivity index (χ0n) is 20.6. The van der Waals surface area contributed by atoms with Gasteiger partial charge in [-0.05, 0) is 69.7 Å². The molecule has 1 aliphatic heterocycles. The van der Waals surface area contributed by atoms with Crippen LogP contribution in [-0.2, 0) is 0 Å². The fourth-order valence-electron chi connectivity index (χ4n) is 5.68. The molecular weight excluding hydrogens is 396 g/mol. The number of fused-ring (bicyclic) bond motifs is 3. The van der Waals surface area contributed by atoms with E-state index in [1.54, 1.807) is 24.6 Å². The molecule has 3 heteroatoms. The van der Waals surface area contributed by atoms with Crippen molar-refractivity contribution in [2.75, 3.05) is 14.2 Å². The van der Waals surface area contributed by atoms with Crippen molar-refractivity contribution in [2.24, 2.45) is 11.8 Å². The quantitative estimate of drug-likeness (QED) is 0.336. The number of hydrogen-bond acceptors (Lipinski definition) is 2. The van der Waals surface area contributed by atoms with Crippen LogP contribution in [0.25, 0.3) is 11.1 Å². The Hall–Kier alpha value is -1.74. The summed E-state index contributed by atoms with van der Waals surface area (Å²) in [6.45, 7) is 9.44. The monoisotopic (exact) mass is 438 g/mol. The van der Waals surface area contributed by atoms with Gasteiger partial charge in [0.05, 0.1) is 14.2 Å². The van der Waals surface area contributed by atoms with Gasteiger partial charge in [0.1, 0.15) is 19.6 Å². The molecule has 0 atom stereocenters. The van der Waals surface area contributed by atoms with Gasteiger partial charge in [-0.2, -0.15) is 0 Å². The Kier molecular flexibility index (Phi) is 8.27. The third kappa shape index (κ3) is 4.72. The first-order valence-corrected chi connectivity index (χ1v) is 14.9. The van der Waals surface area contributed by atoms with Gasteiger partial charge < -0.3 is 9.47 Å². The highest BCUT2D eigenvalue weighted by Gasteiger charge is 2.45. The highest BCUT2D eigenvalue weighted by atomic mass is 28.3. The summed E-state index contributed by atoms with van der Waals surface area (Å²) in [6, 6.07) is 16.5. The van der Waals surface area contributed by atoms with Crippen molar-refractivity contribution in [3.63, 3.8) is 0 Å². The van der Waals surface area contributed by atoms with Gasteiger partial charge >= 0.3 is 0 Å². The van der Waals surface area contributed by atoms with E-state index in [1.807, 2.05) is 0 Å². The van der Waals surface area contributed by atoms with E-state index in [4.69, 9.17) is 9.47 Å². The van der Waals surface area contributed by atoms with Crippen molar-refractivity contribution in [1.82, 2.24) is 0 Å². The predicted octanol–water partition coefficient (Wildman–Crippen LogP) is 6.90. The molecule has 2 nitrogen and oxygen atoms in total. The molecule has 2 aromatic rings. The van der Waals surface area contributed by atoms with Crippen molar-refractivity contribution >= 4 is 18.4 Å². The van der Waals surface area contributed by atoms with Crippen molar-refractivity contribution in [2.45, 2.75) is 78.3 Å². The van der Waals surface area contributed by atoms with Gasteiger partial charge in [0.2, 0.25) is 0 Å². The number of methoxy groups -OCH3 is 2. The summed E-state index contributed by atoms with van der Waals surface area (Å²) in [4.78, 5) is 0. The molecule has 0 saturated heterocycles. The standard InChI is InChI=1S/C28H42O2Si/c1-7-21(8-2)15-17-31(18-16-22(9-3)10-4)27-13-11-23(29-5)19-25(27)26-20-24(30-6)12-14-28(26)31/h11-14,19-22H,7-10,15-18H2,1-6H3. The van der Waals surface area contributed by atoms with Crippen molar-refractivity contribution in [3.05, 3.63) is 36.4 Å². The van der Waals surface area contributed by atoms with E-state index < -0.39 is 8.07 Å². The fourth-order valence-corrected chi connectivity index (χ4v) is 11.4. The molecule has 0 aliphatic carbocycles. The Morgan fingerprint density at radius 2 is 1.03 bits per heavy atom. The summed E-state index contributed by atoms with van der Waals surface area (Å²) in [6.07, 6.45) is 7.85. The second kappa shape index (κ2) is 10.7. The average molecular weight is 439 g/mol. The van der Waals surface area contributed by atoms with Crippen LogP contribution < -0.4 is 19.8 Å². The first kappa shape index (κ1) is 23.9. The molecule has 1 aliphatic rings. The van der Waals surface area contributed by atoms with Gasteiger partial charge in [-0.1, -0.05) is 78.4 Å². The van der Waals surface area contributed by atoms with Crippen LogP contribution in [0, 0.1) is 11.8 Å². The van der Waals surface area contributed by atoms with Crippen molar-refractivity contribution < 1.29 is 9.47 Å². The van der Waals surface area contributed by atoms with E-state index in [0.29, 0.717) is 0 Å². The molecule has 0 spiro atoms. The fraction of sp³-hybridized carbons (Fsp3) is 0.571. The lowest BCUT2D eigenvalue weighted by Gasteiger charge is -2.33. The maximum Gasteiger partial charge on any atom is 0.119 e. The summed E-state index contributed by atoms with van der Waals surface area (Å²) in [5.74, 6) is 3.58. The minimum absolute atomic E-state index is 0.835. The molecule has 0 fully saturated rings. The molecule has 0 bridgehead atoms. The molecule has 31 heavy (non-hydrogen) atoms. The van der Waals surface area contributed by atoms with E-state index in [9.17, 15) is 0 Å². The molecular formula is C28H42O2Si. The van der Waals surface area contributed by atoms with E-state index >= 15 is 0 Å². The zero-order valence-corrected chi connectivity index (χ0v) is 21.6. The zero-order chi connectivity index (χ0) is 22.4. The van der Waals surface area contributed by atoms with Crippen molar-refractivity contribution in [3.8, 4) is 22.6 Å². The first-order chi connectivity index (χ1) is 15.1. The van der Waals surface area contributed by atoms with Gasteiger partial charge in [0.25, 0.3) is 0 Å².